The second-order valence-electron chi connectivity index (χ2n) is 2.85. The molecule has 0 radical (unpaired) electrons. The van der Waals surface area contributed by atoms with Gasteiger partial charge in [0.05, 0.1) is 5.56 Å². The molecule has 0 amide bonds. The van der Waals surface area contributed by atoms with Crippen molar-refractivity contribution in [1.82, 2.24) is 0 Å². The maximum absolute atomic E-state index is 13.0. The van der Waals surface area contributed by atoms with Gasteiger partial charge in [-0.05, 0) is 12.1 Å². The summed E-state index contributed by atoms with van der Waals surface area (Å²) in [5.41, 5.74) is 5.47. The maximum atomic E-state index is 13.0. The van der Waals surface area contributed by atoms with Gasteiger partial charge in [-0.3, -0.25) is 4.79 Å². The van der Waals surface area contributed by atoms with Gasteiger partial charge in [0.1, 0.15) is 0 Å². The van der Waals surface area contributed by atoms with Crippen LogP contribution in [0, 0.1) is 17.7 Å². The summed E-state index contributed by atoms with van der Waals surface area (Å²) in [6, 6.07) is 2.40. The zero-order valence-electron chi connectivity index (χ0n) is 7.96. The van der Waals surface area contributed by atoms with Gasteiger partial charge in [-0.1, -0.05) is 11.8 Å². The minimum atomic E-state index is -0.850. The summed E-state index contributed by atoms with van der Waals surface area (Å²) in [6.07, 6.45) is 0.880. The molecule has 0 fully saturated rings. The third-order valence-electron chi connectivity index (χ3n) is 1.72. The van der Waals surface area contributed by atoms with E-state index in [1.54, 1.807) is 0 Å². The average Bonchev–Trinajstić information content (AvgIpc) is 2.23. The van der Waals surface area contributed by atoms with E-state index in [4.69, 9.17) is 10.8 Å². The Bertz CT molecular complexity index is 432. The summed E-state index contributed by atoms with van der Waals surface area (Å²) in [4.78, 5) is 10.5. The fraction of sp³-hybridized carbons (Fsp3) is 0.182. The zero-order chi connectivity index (χ0) is 11.3. The van der Waals surface area contributed by atoms with Crippen LogP contribution in [-0.4, -0.2) is 17.9 Å². The Balaban J connectivity index is 3.07. The van der Waals surface area contributed by atoms with Crippen molar-refractivity contribution in [2.24, 2.45) is 5.73 Å². The predicted octanol–water partition coefficient (Wildman–Crippen LogP) is 1.04. The summed E-state index contributed by atoms with van der Waals surface area (Å²) in [6.45, 7) is 0.425. The molecular weight excluding hydrogens is 197 g/mol. The SMILES string of the molecule is NCCC#Cc1cc(F)c(O)c(C=O)c1. The molecule has 3 N–H and O–H groups in total. The Morgan fingerprint density at radius 2 is 2.27 bits per heavy atom. The van der Waals surface area contributed by atoms with Gasteiger partial charge in [0.25, 0.3) is 0 Å². The smallest absolute Gasteiger partial charge is 0.166 e. The quantitative estimate of drug-likeness (QED) is 0.562. The van der Waals surface area contributed by atoms with E-state index in [9.17, 15) is 9.18 Å². The third kappa shape index (κ3) is 2.79. The molecule has 0 spiro atoms. The number of benzene rings is 1. The van der Waals surface area contributed by atoms with E-state index >= 15 is 0 Å². The zero-order valence-corrected chi connectivity index (χ0v) is 7.96. The summed E-state index contributed by atoms with van der Waals surface area (Å²) < 4.78 is 13.0. The molecule has 0 aliphatic carbocycles. The minimum Gasteiger partial charge on any atom is -0.504 e. The molecule has 1 aromatic carbocycles. The molecule has 78 valence electrons. The van der Waals surface area contributed by atoms with Gasteiger partial charge in [0.2, 0.25) is 0 Å². The summed E-state index contributed by atoms with van der Waals surface area (Å²) in [5.74, 6) is 3.86. The molecule has 0 heterocycles. The number of carbonyl (C=O) groups is 1. The molecule has 4 heteroatoms. The van der Waals surface area contributed by atoms with Crippen molar-refractivity contribution in [2.45, 2.75) is 6.42 Å². The Morgan fingerprint density at radius 3 is 2.87 bits per heavy atom. The van der Waals surface area contributed by atoms with Crippen molar-refractivity contribution in [3.8, 4) is 17.6 Å². The third-order valence-corrected chi connectivity index (χ3v) is 1.72. The lowest BCUT2D eigenvalue weighted by Gasteiger charge is -1.99. The number of aromatic hydroxyl groups is 1. The molecule has 1 rings (SSSR count). The first-order valence-corrected chi connectivity index (χ1v) is 4.35. The lowest BCUT2D eigenvalue weighted by Crippen LogP contribution is -1.95. The van der Waals surface area contributed by atoms with Gasteiger partial charge in [0.15, 0.2) is 17.9 Å². The number of aldehydes is 1. The molecule has 0 saturated heterocycles. The average molecular weight is 207 g/mol. The molecule has 0 atom stereocenters. The normalized spacial score (nSPS) is 9.20. The Morgan fingerprint density at radius 1 is 1.53 bits per heavy atom. The van der Waals surface area contributed by atoms with E-state index < -0.39 is 11.6 Å². The maximum Gasteiger partial charge on any atom is 0.166 e. The number of phenols is 1. The number of halogens is 1. The molecule has 0 bridgehead atoms. The van der Waals surface area contributed by atoms with Crippen molar-refractivity contribution < 1.29 is 14.3 Å². The lowest BCUT2D eigenvalue weighted by molar-refractivity contribution is 0.112. The predicted molar refractivity (Wildman–Crippen MR) is 54.0 cm³/mol. The van der Waals surface area contributed by atoms with E-state index in [-0.39, 0.29) is 5.56 Å². The number of carbonyl (C=O) groups excluding carboxylic acids is 1. The molecule has 0 aliphatic rings. The van der Waals surface area contributed by atoms with Crippen LogP contribution in [0.5, 0.6) is 5.75 Å². The van der Waals surface area contributed by atoms with Crippen LogP contribution in [0.15, 0.2) is 12.1 Å². The topological polar surface area (TPSA) is 63.3 Å². The van der Waals surface area contributed by atoms with Gasteiger partial charge >= 0.3 is 0 Å². The number of hydrogen-bond donors (Lipinski definition) is 2. The highest BCUT2D eigenvalue weighted by Crippen LogP contribution is 2.21. The number of phenolic OH excluding ortho intramolecular Hbond substituents is 1. The van der Waals surface area contributed by atoms with Gasteiger partial charge in [-0.15, -0.1) is 0 Å². The second-order valence-corrected chi connectivity index (χ2v) is 2.85. The number of rotatable bonds is 2. The van der Waals surface area contributed by atoms with Crippen molar-refractivity contribution in [3.63, 3.8) is 0 Å². The fourth-order valence-electron chi connectivity index (χ4n) is 1.02. The Hall–Kier alpha value is -1.86. The summed E-state index contributed by atoms with van der Waals surface area (Å²) >= 11 is 0. The number of hydrogen-bond acceptors (Lipinski definition) is 3. The van der Waals surface area contributed by atoms with Crippen LogP contribution in [0.25, 0.3) is 0 Å². The monoisotopic (exact) mass is 207 g/mol. The van der Waals surface area contributed by atoms with Gasteiger partial charge in [-0.2, -0.15) is 0 Å². The first-order valence-electron chi connectivity index (χ1n) is 4.35. The fourth-order valence-corrected chi connectivity index (χ4v) is 1.02. The van der Waals surface area contributed by atoms with Crippen LogP contribution in [0.3, 0.4) is 0 Å². The van der Waals surface area contributed by atoms with Crippen molar-refractivity contribution >= 4 is 6.29 Å². The first-order chi connectivity index (χ1) is 7.19. The molecule has 0 aromatic heterocycles. The highest BCUT2D eigenvalue weighted by atomic mass is 19.1. The molecule has 1 aromatic rings. The van der Waals surface area contributed by atoms with E-state index in [0.29, 0.717) is 24.8 Å². The van der Waals surface area contributed by atoms with Crippen LogP contribution < -0.4 is 5.73 Å². The first kappa shape index (κ1) is 11.2. The van der Waals surface area contributed by atoms with Crippen LogP contribution in [0.4, 0.5) is 4.39 Å². The van der Waals surface area contributed by atoms with Gasteiger partial charge in [0, 0.05) is 18.5 Å². The van der Waals surface area contributed by atoms with E-state index in [2.05, 4.69) is 11.8 Å². The molecule has 15 heavy (non-hydrogen) atoms. The van der Waals surface area contributed by atoms with Crippen LogP contribution in [0.1, 0.15) is 22.3 Å². The van der Waals surface area contributed by atoms with E-state index in [0.717, 1.165) is 6.07 Å². The van der Waals surface area contributed by atoms with E-state index in [1.807, 2.05) is 0 Å². The summed E-state index contributed by atoms with van der Waals surface area (Å²) in [5, 5.41) is 9.12. The molecule has 0 saturated carbocycles. The lowest BCUT2D eigenvalue weighted by atomic mass is 10.1. The Kier molecular flexibility index (Phi) is 3.83. The van der Waals surface area contributed by atoms with Crippen molar-refractivity contribution in [3.05, 3.63) is 29.1 Å². The molecule has 0 unspecified atom stereocenters. The van der Waals surface area contributed by atoms with Crippen LogP contribution in [0.2, 0.25) is 0 Å². The second kappa shape index (κ2) is 5.13. The van der Waals surface area contributed by atoms with Crippen molar-refractivity contribution in [2.75, 3.05) is 6.54 Å². The standard InChI is InChI=1S/C11H10FNO2/c12-10-6-8(3-1-2-4-13)5-9(7-14)11(10)15/h5-7,15H,2,4,13H2. The highest BCUT2D eigenvalue weighted by Gasteiger charge is 2.07. The minimum absolute atomic E-state index is 0.105. The van der Waals surface area contributed by atoms with Crippen LogP contribution >= 0.6 is 0 Å². The van der Waals surface area contributed by atoms with E-state index in [1.165, 1.54) is 6.07 Å². The largest absolute Gasteiger partial charge is 0.504 e. The van der Waals surface area contributed by atoms with Crippen molar-refractivity contribution in [1.29, 1.82) is 0 Å². The molecule has 0 aliphatic heterocycles. The highest BCUT2D eigenvalue weighted by molar-refractivity contribution is 5.80. The van der Waals surface area contributed by atoms with Gasteiger partial charge in [-0.25, -0.2) is 4.39 Å². The number of nitrogens with two attached hydrogens (primary N) is 1. The molecule has 3 nitrogen and oxygen atoms in total. The Labute approximate surface area is 86.7 Å². The van der Waals surface area contributed by atoms with Gasteiger partial charge < -0.3 is 10.8 Å². The summed E-state index contributed by atoms with van der Waals surface area (Å²) in [7, 11) is 0. The van der Waals surface area contributed by atoms with Crippen LogP contribution in [-0.2, 0) is 0 Å². The molecular formula is C11H10FNO2.